The van der Waals surface area contributed by atoms with Crippen molar-refractivity contribution < 1.29 is 4.79 Å². The Morgan fingerprint density at radius 1 is 1.13 bits per heavy atom. The average molecular weight is 209 g/mol. The van der Waals surface area contributed by atoms with Gasteiger partial charge in [-0.25, -0.2) is 0 Å². The Morgan fingerprint density at radius 3 is 1.87 bits per heavy atom. The molecule has 0 saturated heterocycles. The fourth-order valence-electron chi connectivity index (χ4n) is 1.79. The van der Waals surface area contributed by atoms with E-state index in [0.29, 0.717) is 5.68 Å². The first-order chi connectivity index (χ1) is 6.58. The fourth-order valence-corrected chi connectivity index (χ4v) is 1.79. The van der Waals surface area contributed by atoms with Crippen LogP contribution < -0.4 is 0 Å². The Labute approximate surface area is 96.3 Å². The summed E-state index contributed by atoms with van der Waals surface area (Å²) < 4.78 is 0. The Hall–Kier alpha value is -0.265. The minimum atomic E-state index is 0.0655. The predicted octanol–water partition coefficient (Wildman–Crippen LogP) is 3.75. The van der Waals surface area contributed by atoms with Crippen LogP contribution >= 0.6 is 0 Å². The Bertz CT molecular complexity index is 208. The van der Waals surface area contributed by atoms with E-state index in [4.69, 9.17) is 0 Å². The van der Waals surface area contributed by atoms with Crippen LogP contribution in [0.5, 0.6) is 0 Å². The van der Waals surface area contributed by atoms with Gasteiger partial charge in [0.15, 0.2) is 0 Å². The molecule has 2 heteroatoms. The third kappa shape index (κ3) is 6.01. The lowest BCUT2D eigenvalue weighted by Crippen LogP contribution is -2.35. The second kappa shape index (κ2) is 5.18. The first-order valence-electron chi connectivity index (χ1n) is 5.95. The standard InChI is InChI=1S/C13H26BO/c1-8-14-11(15)10(13(5,6)7)9-12(2,3)4/h10H,8-9H2,1-7H3. The molecule has 0 rings (SSSR count). The first-order valence-corrected chi connectivity index (χ1v) is 5.95. The van der Waals surface area contributed by atoms with Crippen molar-refractivity contribution in [1.82, 2.24) is 0 Å². The normalized spacial score (nSPS) is 14.9. The van der Waals surface area contributed by atoms with Gasteiger partial charge in [-0.15, -0.1) is 0 Å². The van der Waals surface area contributed by atoms with Gasteiger partial charge in [0.05, 0.1) is 5.68 Å². The molecule has 0 aromatic rings. The van der Waals surface area contributed by atoms with E-state index in [1.807, 2.05) is 14.2 Å². The molecular formula is C13H26BO. The number of hydrogen-bond acceptors (Lipinski definition) is 1. The first kappa shape index (κ1) is 14.7. The third-order valence-electron chi connectivity index (χ3n) is 2.61. The molecule has 15 heavy (non-hydrogen) atoms. The summed E-state index contributed by atoms with van der Waals surface area (Å²) in [4.78, 5) is 12.0. The minimum Gasteiger partial charge on any atom is -0.312 e. The molecule has 0 N–H and O–H groups in total. The molecule has 1 radical (unpaired) electrons. The van der Waals surface area contributed by atoms with Crippen molar-refractivity contribution in [2.24, 2.45) is 16.7 Å². The minimum absolute atomic E-state index is 0.0655. The molecule has 0 aliphatic heterocycles. The van der Waals surface area contributed by atoms with Crippen LogP contribution in [-0.2, 0) is 4.79 Å². The molecule has 0 saturated carbocycles. The van der Waals surface area contributed by atoms with E-state index in [9.17, 15) is 4.79 Å². The molecule has 1 nitrogen and oxygen atoms in total. The van der Waals surface area contributed by atoms with Crippen molar-refractivity contribution in [2.45, 2.75) is 61.2 Å². The molecule has 0 aromatic heterocycles. The summed E-state index contributed by atoms with van der Waals surface area (Å²) in [7, 11) is 1.83. The van der Waals surface area contributed by atoms with Crippen LogP contribution in [0, 0.1) is 16.7 Å². The average Bonchev–Trinajstić information content (AvgIpc) is 1.97. The van der Waals surface area contributed by atoms with Crippen molar-refractivity contribution in [3.05, 3.63) is 0 Å². The SMILES string of the molecule is CC[B]C(=O)C(CC(C)(C)C)C(C)(C)C. The van der Waals surface area contributed by atoms with E-state index in [-0.39, 0.29) is 16.7 Å². The zero-order chi connectivity index (χ0) is 12.3. The molecule has 1 atom stereocenters. The number of rotatable bonds is 4. The van der Waals surface area contributed by atoms with E-state index in [1.165, 1.54) is 0 Å². The Kier molecular flexibility index (Phi) is 5.09. The monoisotopic (exact) mass is 209 g/mol. The lowest BCUT2D eigenvalue weighted by molar-refractivity contribution is -0.119. The molecule has 0 amide bonds. The summed E-state index contributed by atoms with van der Waals surface area (Å²) in [6.07, 6.45) is 1.81. The second-order valence-electron chi connectivity index (χ2n) is 6.70. The van der Waals surface area contributed by atoms with Crippen LogP contribution in [-0.4, -0.2) is 13.0 Å². The van der Waals surface area contributed by atoms with Gasteiger partial charge in [0, 0.05) is 5.92 Å². The van der Waals surface area contributed by atoms with Gasteiger partial charge in [0.2, 0.25) is 7.28 Å². The highest BCUT2D eigenvalue weighted by atomic mass is 16.1. The topological polar surface area (TPSA) is 17.1 Å². The lowest BCUT2D eigenvalue weighted by Gasteiger charge is -2.34. The maximum absolute atomic E-state index is 12.0. The predicted molar refractivity (Wildman–Crippen MR) is 68.3 cm³/mol. The van der Waals surface area contributed by atoms with Gasteiger partial charge < -0.3 is 4.79 Å². The highest BCUT2D eigenvalue weighted by Gasteiger charge is 2.33. The molecule has 0 aliphatic rings. The number of carbonyl (C=O) groups is 1. The van der Waals surface area contributed by atoms with Gasteiger partial charge in [0.25, 0.3) is 0 Å². The molecule has 1 unspecified atom stereocenters. The smallest absolute Gasteiger partial charge is 0.202 e. The Morgan fingerprint density at radius 2 is 1.60 bits per heavy atom. The van der Waals surface area contributed by atoms with E-state index < -0.39 is 0 Å². The van der Waals surface area contributed by atoms with Crippen LogP contribution in [0.2, 0.25) is 6.32 Å². The molecule has 0 aromatic carbocycles. The summed E-state index contributed by atoms with van der Waals surface area (Å²) in [5.74, 6) is 0.150. The van der Waals surface area contributed by atoms with Gasteiger partial charge in [0.1, 0.15) is 0 Å². The summed E-state index contributed by atoms with van der Waals surface area (Å²) in [5, 5.41) is 0. The van der Waals surface area contributed by atoms with Gasteiger partial charge in [-0.1, -0.05) is 54.8 Å². The number of hydrogen-bond donors (Lipinski definition) is 0. The lowest BCUT2D eigenvalue weighted by atomic mass is 9.58. The van der Waals surface area contributed by atoms with Crippen molar-refractivity contribution in [3.63, 3.8) is 0 Å². The fraction of sp³-hybridized carbons (Fsp3) is 0.923. The molecule has 0 bridgehead atoms. The molecule has 0 spiro atoms. The largest absolute Gasteiger partial charge is 0.312 e. The zero-order valence-corrected chi connectivity index (χ0v) is 11.5. The zero-order valence-electron chi connectivity index (χ0n) is 11.5. The van der Waals surface area contributed by atoms with Gasteiger partial charge in [-0.2, -0.15) is 0 Å². The highest BCUT2D eigenvalue weighted by Crippen LogP contribution is 2.36. The van der Waals surface area contributed by atoms with E-state index in [1.54, 1.807) is 0 Å². The van der Waals surface area contributed by atoms with Gasteiger partial charge in [-0.05, 0) is 17.3 Å². The van der Waals surface area contributed by atoms with Crippen LogP contribution in [0.25, 0.3) is 0 Å². The van der Waals surface area contributed by atoms with E-state index >= 15 is 0 Å². The number of carbonyl (C=O) groups excluding carboxylic acids is 1. The maximum atomic E-state index is 12.0. The summed E-state index contributed by atoms with van der Waals surface area (Å²) in [6, 6.07) is 0. The van der Waals surface area contributed by atoms with Crippen LogP contribution in [0.1, 0.15) is 54.9 Å². The highest BCUT2D eigenvalue weighted by molar-refractivity contribution is 6.74. The van der Waals surface area contributed by atoms with Gasteiger partial charge >= 0.3 is 0 Å². The van der Waals surface area contributed by atoms with Crippen molar-refractivity contribution in [1.29, 1.82) is 0 Å². The molecule has 87 valence electrons. The van der Waals surface area contributed by atoms with Crippen molar-refractivity contribution in [2.75, 3.05) is 0 Å². The van der Waals surface area contributed by atoms with E-state index in [2.05, 4.69) is 41.5 Å². The quantitative estimate of drug-likeness (QED) is 0.644. The molecule has 0 aliphatic carbocycles. The summed E-state index contributed by atoms with van der Waals surface area (Å²) in [5.41, 5.74) is 0.602. The third-order valence-corrected chi connectivity index (χ3v) is 2.61. The summed E-state index contributed by atoms with van der Waals surface area (Å²) >= 11 is 0. The molecule has 0 fully saturated rings. The van der Waals surface area contributed by atoms with Gasteiger partial charge in [-0.3, -0.25) is 0 Å². The van der Waals surface area contributed by atoms with Crippen LogP contribution in [0.4, 0.5) is 0 Å². The maximum Gasteiger partial charge on any atom is 0.202 e. The second-order valence-corrected chi connectivity index (χ2v) is 6.70. The van der Waals surface area contributed by atoms with Crippen LogP contribution in [0.3, 0.4) is 0 Å². The molecular weight excluding hydrogens is 183 g/mol. The van der Waals surface area contributed by atoms with E-state index in [0.717, 1.165) is 12.7 Å². The molecule has 0 heterocycles. The Balaban J connectivity index is 4.68. The van der Waals surface area contributed by atoms with Crippen LogP contribution in [0.15, 0.2) is 0 Å². The summed E-state index contributed by atoms with van der Waals surface area (Å²) in [6.45, 7) is 15.1. The van der Waals surface area contributed by atoms with Crippen molar-refractivity contribution in [3.8, 4) is 0 Å². The van der Waals surface area contributed by atoms with Crippen molar-refractivity contribution >= 4 is 13.0 Å².